The molecule has 4 rings (SSSR count). The van der Waals surface area contributed by atoms with Crippen LogP contribution >= 0.6 is 0 Å². The van der Waals surface area contributed by atoms with Crippen molar-refractivity contribution in [3.63, 3.8) is 0 Å². The lowest BCUT2D eigenvalue weighted by Gasteiger charge is -2.26. The van der Waals surface area contributed by atoms with E-state index in [9.17, 15) is 23.6 Å². The Labute approximate surface area is 238 Å². The van der Waals surface area contributed by atoms with Gasteiger partial charge in [-0.15, -0.1) is 0 Å². The maximum Gasteiger partial charge on any atom is 0.296 e. The zero-order chi connectivity index (χ0) is 29.7. The van der Waals surface area contributed by atoms with E-state index in [1.807, 2.05) is 13.0 Å². The number of rotatable bonds is 10. The Morgan fingerprint density at radius 1 is 1.10 bits per heavy atom. The van der Waals surface area contributed by atoms with Crippen LogP contribution in [0.15, 0.2) is 81.4 Å². The largest absolute Gasteiger partial charge is 0.493 e. The van der Waals surface area contributed by atoms with Gasteiger partial charge in [-0.2, -0.15) is 10.2 Å². The molecule has 1 atom stereocenters. The minimum Gasteiger partial charge on any atom is -0.493 e. The summed E-state index contributed by atoms with van der Waals surface area (Å²) in [6.07, 6.45) is 1.43. The smallest absolute Gasteiger partial charge is 0.296 e. The molecule has 0 aliphatic rings. The van der Waals surface area contributed by atoms with E-state index in [4.69, 9.17) is 9.47 Å². The minimum absolute atomic E-state index is 0.00645. The van der Waals surface area contributed by atoms with Crippen molar-refractivity contribution < 1.29 is 23.0 Å². The summed E-state index contributed by atoms with van der Waals surface area (Å²) in [5.41, 5.74) is 2.13. The molecule has 212 valence electrons. The average molecular weight is 575 g/mol. The maximum atomic E-state index is 13.8. The highest BCUT2D eigenvalue weighted by Crippen LogP contribution is 2.33. The molecule has 0 amide bonds. The molecule has 2 aromatic carbocycles. The second kappa shape index (κ2) is 12.4. The van der Waals surface area contributed by atoms with Crippen molar-refractivity contribution in [2.75, 3.05) is 13.7 Å². The molecule has 1 N–H and O–H groups in total. The van der Waals surface area contributed by atoms with Crippen LogP contribution in [0.1, 0.15) is 42.5 Å². The van der Waals surface area contributed by atoms with Gasteiger partial charge in [-0.05, 0) is 62.2 Å². The lowest BCUT2D eigenvalue weighted by molar-refractivity contribution is 0.0554. The summed E-state index contributed by atoms with van der Waals surface area (Å²) in [6.45, 7) is 5.22. The van der Waals surface area contributed by atoms with Gasteiger partial charge < -0.3 is 14.6 Å². The van der Waals surface area contributed by atoms with E-state index >= 15 is 0 Å². The van der Waals surface area contributed by atoms with Crippen LogP contribution in [-0.4, -0.2) is 47.9 Å². The summed E-state index contributed by atoms with van der Waals surface area (Å²) in [6, 6.07) is 17.5. The van der Waals surface area contributed by atoms with Gasteiger partial charge in [0.2, 0.25) is 15.7 Å². The predicted octanol–water partition coefficient (Wildman–Crippen LogP) is 4.18. The van der Waals surface area contributed by atoms with Gasteiger partial charge in [0.1, 0.15) is 12.4 Å². The second-order valence-corrected chi connectivity index (χ2v) is 11.5. The van der Waals surface area contributed by atoms with E-state index < -0.39 is 32.2 Å². The first-order chi connectivity index (χ1) is 19.6. The third kappa shape index (κ3) is 6.20. The van der Waals surface area contributed by atoms with Gasteiger partial charge in [0, 0.05) is 24.6 Å². The quantitative estimate of drug-likeness (QED) is 0.295. The summed E-state index contributed by atoms with van der Waals surface area (Å²) >= 11 is 0. The van der Waals surface area contributed by atoms with Crippen LogP contribution in [0.2, 0.25) is 0 Å². The summed E-state index contributed by atoms with van der Waals surface area (Å²) in [5.74, 6) is -0.795. The van der Waals surface area contributed by atoms with Crippen LogP contribution in [0, 0.1) is 18.3 Å². The first kappa shape index (κ1) is 29.6. The molecule has 11 heteroatoms. The molecule has 2 heterocycles. The molecule has 0 spiro atoms. The fourth-order valence-corrected chi connectivity index (χ4v) is 5.81. The normalized spacial score (nSPS) is 12.3. The number of aryl methyl sites for hydroxylation is 1. The van der Waals surface area contributed by atoms with Crippen LogP contribution in [0.25, 0.3) is 11.1 Å². The molecule has 0 fully saturated rings. The van der Waals surface area contributed by atoms with Crippen LogP contribution < -0.4 is 5.56 Å². The van der Waals surface area contributed by atoms with Crippen molar-refractivity contribution >= 4 is 9.84 Å². The molecule has 0 bridgehead atoms. The number of sulfone groups is 1. The summed E-state index contributed by atoms with van der Waals surface area (Å²) in [7, 11) is -3.07. The van der Waals surface area contributed by atoms with E-state index in [0.29, 0.717) is 11.1 Å². The zero-order valence-corrected chi connectivity index (χ0v) is 23.9. The first-order valence-corrected chi connectivity index (χ1v) is 14.3. The Hall–Kier alpha value is -4.37. The van der Waals surface area contributed by atoms with Crippen molar-refractivity contribution in [3.8, 4) is 23.1 Å². The molecule has 0 saturated heterocycles. The molecule has 0 saturated carbocycles. The maximum absolute atomic E-state index is 13.8. The fraction of sp³-hybridized carbons (Fsp3) is 0.267. The first-order valence-electron chi connectivity index (χ1n) is 12.8. The molecular formula is C30H30N4O6S. The minimum atomic E-state index is -4.52. The van der Waals surface area contributed by atoms with Crippen molar-refractivity contribution in [1.29, 1.82) is 5.26 Å². The molecule has 2 aromatic heterocycles. The van der Waals surface area contributed by atoms with E-state index in [1.165, 1.54) is 23.8 Å². The highest BCUT2D eigenvalue weighted by atomic mass is 32.2. The Bertz CT molecular complexity index is 1760. The van der Waals surface area contributed by atoms with Crippen LogP contribution in [0.4, 0.5) is 0 Å². The van der Waals surface area contributed by atoms with Crippen molar-refractivity contribution in [2.24, 2.45) is 0 Å². The average Bonchev–Trinajstić information content (AvgIpc) is 2.95. The van der Waals surface area contributed by atoms with E-state index in [1.54, 1.807) is 62.5 Å². The van der Waals surface area contributed by atoms with E-state index in [0.717, 1.165) is 16.8 Å². The molecule has 10 nitrogen and oxygen atoms in total. The molecule has 0 aliphatic carbocycles. The standard InChI is InChI=1S/C30H30N4O6S/c1-19(2)40-18-27-33-29(35)28(30(36)34(27)26(17-39-4)23-8-5-7-21(15-23)16-31)41(37,38)24-12-10-22(11-13-24)25-9-6-14-32-20(25)3/h5-15,19,26,36H,17-18H2,1-4H3/t26-/m0/s1. The van der Waals surface area contributed by atoms with E-state index in [-0.39, 0.29) is 30.0 Å². The molecule has 0 aliphatic heterocycles. The fourth-order valence-electron chi connectivity index (χ4n) is 4.47. The molecular weight excluding hydrogens is 544 g/mol. The lowest BCUT2D eigenvalue weighted by Crippen LogP contribution is -2.29. The zero-order valence-electron chi connectivity index (χ0n) is 23.1. The Morgan fingerprint density at radius 3 is 2.46 bits per heavy atom. The number of pyridine rings is 1. The third-order valence-corrected chi connectivity index (χ3v) is 8.26. The van der Waals surface area contributed by atoms with Crippen molar-refractivity contribution in [2.45, 2.75) is 49.3 Å². The predicted molar refractivity (Wildman–Crippen MR) is 151 cm³/mol. The molecule has 4 aromatic rings. The molecule has 41 heavy (non-hydrogen) atoms. The van der Waals surface area contributed by atoms with Gasteiger partial charge in [-0.25, -0.2) is 8.42 Å². The number of aromatic nitrogens is 3. The molecule has 0 radical (unpaired) electrons. The number of methoxy groups -OCH3 is 1. The Balaban J connectivity index is 1.90. The van der Waals surface area contributed by atoms with Gasteiger partial charge in [-0.1, -0.05) is 30.3 Å². The topological polar surface area (TPSA) is 144 Å². The summed E-state index contributed by atoms with van der Waals surface area (Å²) in [4.78, 5) is 20.5. The number of ether oxygens (including phenoxy) is 2. The number of nitriles is 1. The number of nitrogens with zero attached hydrogens (tertiary/aromatic N) is 4. The van der Waals surface area contributed by atoms with Crippen LogP contribution in [-0.2, 0) is 25.9 Å². The van der Waals surface area contributed by atoms with Crippen LogP contribution in [0.3, 0.4) is 0 Å². The lowest BCUT2D eigenvalue weighted by atomic mass is 10.0. The van der Waals surface area contributed by atoms with Gasteiger partial charge in [0.25, 0.3) is 5.56 Å². The number of hydrogen-bond acceptors (Lipinski definition) is 9. The van der Waals surface area contributed by atoms with Crippen molar-refractivity contribution in [1.82, 2.24) is 14.5 Å². The number of benzene rings is 2. The summed E-state index contributed by atoms with van der Waals surface area (Å²) in [5, 5.41) is 21.0. The monoisotopic (exact) mass is 574 g/mol. The van der Waals surface area contributed by atoms with Gasteiger partial charge in [0.05, 0.1) is 35.3 Å². The third-order valence-electron chi connectivity index (χ3n) is 6.47. The van der Waals surface area contributed by atoms with Crippen LogP contribution in [0.5, 0.6) is 5.88 Å². The Morgan fingerprint density at radius 2 is 1.83 bits per heavy atom. The highest BCUT2D eigenvalue weighted by molar-refractivity contribution is 7.91. The number of aromatic hydroxyl groups is 1. The van der Waals surface area contributed by atoms with Gasteiger partial charge in [-0.3, -0.25) is 14.3 Å². The second-order valence-electron chi connectivity index (χ2n) is 9.59. The number of hydrogen-bond donors (Lipinski definition) is 1. The van der Waals surface area contributed by atoms with Crippen molar-refractivity contribution in [3.05, 3.63) is 99.9 Å². The van der Waals surface area contributed by atoms with Gasteiger partial charge in [0.15, 0.2) is 4.90 Å². The van der Waals surface area contributed by atoms with Gasteiger partial charge >= 0.3 is 0 Å². The SMILES string of the molecule is COC[C@@H](c1cccc(C#N)c1)n1c(COC(C)C)nc(=O)c(S(=O)(=O)c2ccc(-c3cccnc3C)cc2)c1O. The summed E-state index contributed by atoms with van der Waals surface area (Å²) < 4.78 is 39.9. The van der Waals surface area contributed by atoms with E-state index in [2.05, 4.69) is 16.0 Å². The highest BCUT2D eigenvalue weighted by Gasteiger charge is 2.32. The Kier molecular flexibility index (Phi) is 8.98. The molecule has 0 unspecified atom stereocenters.